The summed E-state index contributed by atoms with van der Waals surface area (Å²) in [5.74, 6) is 0.831. The second-order valence-corrected chi connectivity index (χ2v) is 7.34. The summed E-state index contributed by atoms with van der Waals surface area (Å²) in [6.45, 7) is 5.05. The molecule has 0 aliphatic carbocycles. The number of ether oxygens (including phenoxy) is 2. The number of amides is 1. The molecule has 2 N–H and O–H groups in total. The molecule has 31 heavy (non-hydrogen) atoms. The van der Waals surface area contributed by atoms with E-state index in [-0.39, 0.29) is 12.5 Å². The Morgan fingerprint density at radius 1 is 0.903 bits per heavy atom. The zero-order valence-electron chi connectivity index (χ0n) is 17.8. The number of para-hydroxylation sites is 1. The molecular weight excluding hydrogens is 412 g/mol. The van der Waals surface area contributed by atoms with Crippen LogP contribution in [0.1, 0.15) is 25.0 Å². The summed E-state index contributed by atoms with van der Waals surface area (Å²) in [7, 11) is 0. The Bertz CT molecular complexity index is 1010. The number of halogens is 1. The average molecular weight is 439 g/mol. The van der Waals surface area contributed by atoms with E-state index in [0.717, 1.165) is 17.7 Å². The molecule has 5 nitrogen and oxygen atoms in total. The number of benzene rings is 3. The highest BCUT2D eigenvalue weighted by Gasteiger charge is 2.11. The van der Waals surface area contributed by atoms with Crippen LogP contribution in [0, 0.1) is 0 Å². The van der Waals surface area contributed by atoms with Crippen molar-refractivity contribution in [3.63, 3.8) is 0 Å². The number of aryl methyl sites for hydroxylation is 1. The average Bonchev–Trinajstić information content (AvgIpc) is 2.79. The topological polar surface area (TPSA) is 59.6 Å². The van der Waals surface area contributed by atoms with Gasteiger partial charge in [-0.15, -0.1) is 0 Å². The van der Waals surface area contributed by atoms with Crippen LogP contribution in [-0.2, 0) is 17.8 Å². The van der Waals surface area contributed by atoms with Gasteiger partial charge in [0.1, 0.15) is 0 Å². The first-order chi connectivity index (χ1) is 15.1. The van der Waals surface area contributed by atoms with Crippen molar-refractivity contribution in [2.24, 2.45) is 0 Å². The summed E-state index contributed by atoms with van der Waals surface area (Å²) < 4.78 is 11.4. The summed E-state index contributed by atoms with van der Waals surface area (Å²) >= 11 is 6.08. The molecule has 0 radical (unpaired) electrons. The van der Waals surface area contributed by atoms with E-state index >= 15 is 0 Å². The van der Waals surface area contributed by atoms with Crippen molar-refractivity contribution in [2.75, 3.05) is 23.8 Å². The number of hydrogen-bond donors (Lipinski definition) is 2. The summed E-state index contributed by atoms with van der Waals surface area (Å²) in [4.78, 5) is 12.2. The van der Waals surface area contributed by atoms with Crippen molar-refractivity contribution < 1.29 is 14.3 Å². The molecule has 0 saturated carbocycles. The quantitative estimate of drug-likeness (QED) is 0.411. The molecule has 3 rings (SSSR count). The van der Waals surface area contributed by atoms with E-state index in [1.165, 1.54) is 5.56 Å². The van der Waals surface area contributed by atoms with Gasteiger partial charge in [-0.05, 0) is 60.9 Å². The van der Waals surface area contributed by atoms with E-state index in [0.29, 0.717) is 35.4 Å². The largest absolute Gasteiger partial charge is 0.490 e. The summed E-state index contributed by atoms with van der Waals surface area (Å²) in [5, 5.41) is 6.63. The van der Waals surface area contributed by atoms with Gasteiger partial charge in [0.2, 0.25) is 0 Å². The fourth-order valence-corrected chi connectivity index (χ4v) is 3.19. The van der Waals surface area contributed by atoms with Crippen molar-refractivity contribution in [2.45, 2.75) is 26.8 Å². The van der Waals surface area contributed by atoms with Crippen LogP contribution >= 0.6 is 11.6 Å². The van der Waals surface area contributed by atoms with Crippen LogP contribution < -0.4 is 20.1 Å². The van der Waals surface area contributed by atoms with E-state index in [1.807, 2.05) is 25.1 Å². The lowest BCUT2D eigenvalue weighted by molar-refractivity contribution is -0.118. The number of anilines is 2. The minimum Gasteiger partial charge on any atom is -0.490 e. The molecule has 0 heterocycles. The van der Waals surface area contributed by atoms with Gasteiger partial charge in [0.25, 0.3) is 5.91 Å². The monoisotopic (exact) mass is 438 g/mol. The highest BCUT2D eigenvalue weighted by Crippen LogP contribution is 2.29. The molecule has 0 atom stereocenters. The van der Waals surface area contributed by atoms with Crippen LogP contribution in [0.5, 0.6) is 11.5 Å². The van der Waals surface area contributed by atoms with E-state index in [4.69, 9.17) is 21.1 Å². The molecule has 0 bridgehead atoms. The Hall–Kier alpha value is -3.18. The molecule has 0 fully saturated rings. The minimum absolute atomic E-state index is 0.146. The second-order valence-electron chi connectivity index (χ2n) is 6.93. The summed E-state index contributed by atoms with van der Waals surface area (Å²) in [6.07, 6.45) is 1.02. The lowest BCUT2D eigenvalue weighted by atomic mass is 10.1. The fraction of sp³-hybridized carbons (Fsp3) is 0.240. The summed E-state index contributed by atoms with van der Waals surface area (Å²) in [6, 6.07) is 21.2. The lowest BCUT2D eigenvalue weighted by Crippen LogP contribution is -2.20. The summed E-state index contributed by atoms with van der Waals surface area (Å²) in [5.41, 5.74) is 3.98. The van der Waals surface area contributed by atoms with E-state index in [2.05, 4.69) is 41.8 Å². The van der Waals surface area contributed by atoms with Crippen molar-refractivity contribution in [1.82, 2.24) is 0 Å². The van der Waals surface area contributed by atoms with Gasteiger partial charge in [-0.25, -0.2) is 0 Å². The zero-order valence-corrected chi connectivity index (χ0v) is 18.5. The molecule has 3 aromatic carbocycles. The van der Waals surface area contributed by atoms with Crippen molar-refractivity contribution in [1.29, 1.82) is 0 Å². The molecule has 0 spiro atoms. The van der Waals surface area contributed by atoms with Crippen LogP contribution in [0.2, 0.25) is 5.02 Å². The van der Waals surface area contributed by atoms with E-state index in [9.17, 15) is 4.79 Å². The van der Waals surface area contributed by atoms with Crippen LogP contribution in [0.3, 0.4) is 0 Å². The van der Waals surface area contributed by atoms with Crippen molar-refractivity contribution >= 4 is 28.9 Å². The van der Waals surface area contributed by atoms with Gasteiger partial charge < -0.3 is 20.1 Å². The maximum absolute atomic E-state index is 12.2. The Kier molecular flexibility index (Phi) is 8.19. The van der Waals surface area contributed by atoms with Gasteiger partial charge in [0, 0.05) is 12.2 Å². The third kappa shape index (κ3) is 6.66. The van der Waals surface area contributed by atoms with Gasteiger partial charge in [-0.1, -0.05) is 48.9 Å². The van der Waals surface area contributed by atoms with Crippen molar-refractivity contribution in [3.8, 4) is 11.5 Å². The molecule has 0 saturated heterocycles. The number of nitrogens with one attached hydrogen (secondary N) is 2. The third-order valence-corrected chi connectivity index (χ3v) is 5.00. The number of carbonyl (C=O) groups excluding carboxylic acids is 1. The first-order valence-corrected chi connectivity index (χ1v) is 10.7. The standard InChI is InChI=1S/C25H27ClN2O3/c1-3-18-9-12-20(13-10-18)27-16-19-11-14-23(24(15-19)30-4-2)31-17-25(29)28-22-8-6-5-7-21(22)26/h5-15,27H,3-4,16-17H2,1-2H3,(H,28,29). The fourth-order valence-electron chi connectivity index (χ4n) is 3.00. The molecule has 0 aromatic heterocycles. The predicted octanol–water partition coefficient (Wildman–Crippen LogP) is 5.93. The minimum atomic E-state index is -0.295. The van der Waals surface area contributed by atoms with Crippen LogP contribution in [0.25, 0.3) is 0 Å². The molecule has 162 valence electrons. The van der Waals surface area contributed by atoms with E-state index in [1.54, 1.807) is 24.3 Å². The highest BCUT2D eigenvalue weighted by molar-refractivity contribution is 6.33. The predicted molar refractivity (Wildman–Crippen MR) is 126 cm³/mol. The van der Waals surface area contributed by atoms with Crippen LogP contribution in [0.4, 0.5) is 11.4 Å². The zero-order chi connectivity index (χ0) is 22.1. The molecule has 3 aromatic rings. The lowest BCUT2D eigenvalue weighted by Gasteiger charge is -2.14. The Labute approximate surface area is 188 Å². The Morgan fingerprint density at radius 3 is 2.35 bits per heavy atom. The van der Waals surface area contributed by atoms with E-state index < -0.39 is 0 Å². The molecule has 6 heteroatoms. The van der Waals surface area contributed by atoms with Gasteiger partial charge in [0.15, 0.2) is 18.1 Å². The Balaban J connectivity index is 1.60. The molecule has 0 unspecified atom stereocenters. The Morgan fingerprint density at radius 2 is 1.65 bits per heavy atom. The SMILES string of the molecule is CCOc1cc(CNc2ccc(CC)cc2)ccc1OCC(=O)Nc1ccccc1Cl. The first-order valence-electron chi connectivity index (χ1n) is 10.3. The second kappa shape index (κ2) is 11.3. The maximum Gasteiger partial charge on any atom is 0.262 e. The van der Waals surface area contributed by atoms with Gasteiger partial charge in [-0.3, -0.25) is 4.79 Å². The van der Waals surface area contributed by atoms with Gasteiger partial charge in [-0.2, -0.15) is 0 Å². The maximum atomic E-state index is 12.2. The smallest absolute Gasteiger partial charge is 0.262 e. The van der Waals surface area contributed by atoms with Gasteiger partial charge >= 0.3 is 0 Å². The van der Waals surface area contributed by atoms with Gasteiger partial charge in [0.05, 0.1) is 17.3 Å². The highest BCUT2D eigenvalue weighted by atomic mass is 35.5. The molecule has 0 aliphatic rings. The first kappa shape index (κ1) is 22.5. The number of rotatable bonds is 10. The molecule has 1 amide bonds. The third-order valence-electron chi connectivity index (χ3n) is 4.67. The van der Waals surface area contributed by atoms with Crippen LogP contribution in [0.15, 0.2) is 66.7 Å². The number of carbonyl (C=O) groups is 1. The number of hydrogen-bond acceptors (Lipinski definition) is 4. The molecular formula is C25H27ClN2O3. The van der Waals surface area contributed by atoms with Crippen LogP contribution in [-0.4, -0.2) is 19.1 Å². The molecule has 0 aliphatic heterocycles. The normalized spacial score (nSPS) is 10.4. The van der Waals surface area contributed by atoms with Crippen molar-refractivity contribution in [3.05, 3.63) is 82.9 Å².